The summed E-state index contributed by atoms with van der Waals surface area (Å²) in [6.45, 7) is 3.77. The smallest absolute Gasteiger partial charge is 0.318 e. The van der Waals surface area contributed by atoms with E-state index in [0.717, 1.165) is 11.4 Å². The molecule has 0 spiro atoms. The van der Waals surface area contributed by atoms with Gasteiger partial charge in [0.1, 0.15) is 11.9 Å². The molecule has 1 fully saturated rings. The van der Waals surface area contributed by atoms with Gasteiger partial charge in [-0.3, -0.25) is 0 Å². The summed E-state index contributed by atoms with van der Waals surface area (Å²) in [5, 5.41) is 3.11. The predicted molar refractivity (Wildman–Crippen MR) is 87.0 cm³/mol. The first-order valence-corrected chi connectivity index (χ1v) is 7.84. The monoisotopic (exact) mass is 314 g/mol. The SMILES string of the molecule is C[C@@H]1CN(C(=O)N[C@H](c2ccccc2)c2nccn2C)CCO1. The number of nitrogens with zero attached hydrogens (tertiary/aromatic N) is 3. The Morgan fingerprint density at radius 2 is 2.17 bits per heavy atom. The van der Waals surface area contributed by atoms with Crippen LogP contribution in [0.25, 0.3) is 0 Å². The summed E-state index contributed by atoms with van der Waals surface area (Å²) in [6.07, 6.45) is 3.69. The molecule has 2 aromatic rings. The van der Waals surface area contributed by atoms with Gasteiger partial charge in [-0.2, -0.15) is 0 Å². The van der Waals surface area contributed by atoms with Crippen molar-refractivity contribution in [2.75, 3.05) is 19.7 Å². The van der Waals surface area contributed by atoms with E-state index in [1.807, 2.05) is 55.1 Å². The van der Waals surface area contributed by atoms with Crippen LogP contribution in [0.3, 0.4) is 0 Å². The summed E-state index contributed by atoms with van der Waals surface area (Å²) in [4.78, 5) is 18.9. The number of imidazole rings is 1. The van der Waals surface area contributed by atoms with Crippen molar-refractivity contribution in [2.45, 2.75) is 19.1 Å². The molecule has 122 valence electrons. The molecule has 2 amide bonds. The quantitative estimate of drug-likeness (QED) is 0.942. The second-order valence-electron chi connectivity index (χ2n) is 5.82. The minimum Gasteiger partial charge on any atom is -0.375 e. The second-order valence-corrected chi connectivity index (χ2v) is 5.82. The topological polar surface area (TPSA) is 59.4 Å². The Hall–Kier alpha value is -2.34. The van der Waals surface area contributed by atoms with E-state index in [1.54, 1.807) is 11.1 Å². The van der Waals surface area contributed by atoms with E-state index < -0.39 is 0 Å². The van der Waals surface area contributed by atoms with Gasteiger partial charge in [0.25, 0.3) is 0 Å². The zero-order valence-corrected chi connectivity index (χ0v) is 13.5. The number of carbonyl (C=O) groups is 1. The van der Waals surface area contributed by atoms with E-state index in [4.69, 9.17) is 4.74 Å². The number of amides is 2. The number of rotatable bonds is 3. The molecule has 0 aliphatic carbocycles. The Bertz CT molecular complexity index is 656. The van der Waals surface area contributed by atoms with Crippen molar-refractivity contribution in [3.05, 3.63) is 54.1 Å². The zero-order chi connectivity index (χ0) is 16.2. The lowest BCUT2D eigenvalue weighted by Crippen LogP contribution is -2.50. The standard InChI is InChI=1S/C17H22N4O2/c1-13-12-21(10-11-23-13)17(22)19-15(14-6-4-3-5-7-14)16-18-8-9-20(16)2/h3-9,13,15H,10-12H2,1-2H3,(H,19,22)/t13-,15-/m1/s1. The summed E-state index contributed by atoms with van der Waals surface area (Å²) in [5.41, 5.74) is 1.01. The summed E-state index contributed by atoms with van der Waals surface area (Å²) in [6, 6.07) is 9.54. The Kier molecular flexibility index (Phi) is 4.62. The fraction of sp³-hybridized carbons (Fsp3) is 0.412. The van der Waals surface area contributed by atoms with Crippen molar-refractivity contribution >= 4 is 6.03 Å². The number of morpholine rings is 1. The molecule has 0 saturated carbocycles. The van der Waals surface area contributed by atoms with Gasteiger partial charge in [-0.1, -0.05) is 30.3 Å². The Morgan fingerprint density at radius 3 is 2.83 bits per heavy atom. The molecule has 1 saturated heterocycles. The van der Waals surface area contributed by atoms with Gasteiger partial charge in [-0.05, 0) is 12.5 Å². The van der Waals surface area contributed by atoms with Crippen LogP contribution in [0.1, 0.15) is 24.4 Å². The van der Waals surface area contributed by atoms with Crippen molar-refractivity contribution < 1.29 is 9.53 Å². The molecule has 23 heavy (non-hydrogen) atoms. The number of hydrogen-bond donors (Lipinski definition) is 1. The van der Waals surface area contributed by atoms with Crippen LogP contribution < -0.4 is 5.32 Å². The van der Waals surface area contributed by atoms with E-state index in [2.05, 4.69) is 10.3 Å². The minimum absolute atomic E-state index is 0.0674. The number of nitrogens with one attached hydrogen (secondary N) is 1. The van der Waals surface area contributed by atoms with Crippen molar-refractivity contribution in [3.8, 4) is 0 Å². The number of aryl methyl sites for hydroxylation is 1. The summed E-state index contributed by atoms with van der Waals surface area (Å²) >= 11 is 0. The highest BCUT2D eigenvalue weighted by Crippen LogP contribution is 2.20. The van der Waals surface area contributed by atoms with Gasteiger partial charge in [0.05, 0.1) is 12.7 Å². The number of benzene rings is 1. The van der Waals surface area contributed by atoms with Gasteiger partial charge in [0.15, 0.2) is 0 Å². The van der Waals surface area contributed by atoms with Crippen LogP contribution in [0.4, 0.5) is 4.79 Å². The largest absolute Gasteiger partial charge is 0.375 e. The highest BCUT2D eigenvalue weighted by atomic mass is 16.5. The molecule has 2 atom stereocenters. The fourth-order valence-electron chi connectivity index (χ4n) is 2.82. The first kappa shape index (κ1) is 15.6. The van der Waals surface area contributed by atoms with Gasteiger partial charge in [0.2, 0.25) is 0 Å². The molecule has 1 aliphatic heterocycles. The summed E-state index contributed by atoms with van der Waals surface area (Å²) < 4.78 is 7.43. The minimum atomic E-state index is -0.276. The third kappa shape index (κ3) is 3.53. The van der Waals surface area contributed by atoms with Gasteiger partial charge in [-0.25, -0.2) is 9.78 Å². The van der Waals surface area contributed by atoms with Crippen LogP contribution in [0, 0.1) is 0 Å². The summed E-state index contributed by atoms with van der Waals surface area (Å²) in [7, 11) is 1.93. The van der Waals surface area contributed by atoms with Crippen molar-refractivity contribution in [1.29, 1.82) is 0 Å². The predicted octanol–water partition coefficient (Wildman–Crippen LogP) is 1.94. The van der Waals surface area contributed by atoms with Crippen LogP contribution in [0.2, 0.25) is 0 Å². The van der Waals surface area contributed by atoms with Gasteiger partial charge >= 0.3 is 6.03 Å². The average Bonchev–Trinajstić information content (AvgIpc) is 2.99. The molecule has 2 heterocycles. The number of urea groups is 1. The number of aromatic nitrogens is 2. The molecule has 0 unspecified atom stereocenters. The van der Waals surface area contributed by atoms with Crippen molar-refractivity contribution in [2.24, 2.45) is 7.05 Å². The van der Waals surface area contributed by atoms with Crippen molar-refractivity contribution in [3.63, 3.8) is 0 Å². The maximum Gasteiger partial charge on any atom is 0.318 e. The van der Waals surface area contributed by atoms with Crippen LogP contribution in [-0.4, -0.2) is 46.3 Å². The van der Waals surface area contributed by atoms with E-state index in [1.165, 1.54) is 0 Å². The van der Waals surface area contributed by atoms with E-state index in [0.29, 0.717) is 19.7 Å². The van der Waals surface area contributed by atoms with Crippen LogP contribution >= 0.6 is 0 Å². The second kappa shape index (κ2) is 6.83. The van der Waals surface area contributed by atoms with Crippen molar-refractivity contribution in [1.82, 2.24) is 19.8 Å². The third-order valence-electron chi connectivity index (χ3n) is 4.05. The molecule has 3 rings (SSSR count). The molecule has 1 aromatic carbocycles. The van der Waals surface area contributed by atoms with E-state index in [-0.39, 0.29) is 18.2 Å². The lowest BCUT2D eigenvalue weighted by molar-refractivity contribution is -0.00376. The van der Waals surface area contributed by atoms with Crippen LogP contribution in [0.5, 0.6) is 0 Å². The third-order valence-corrected chi connectivity index (χ3v) is 4.05. The normalized spacial score (nSPS) is 19.4. The Balaban J connectivity index is 1.82. The molecular formula is C17H22N4O2. The fourth-order valence-corrected chi connectivity index (χ4v) is 2.82. The maximum absolute atomic E-state index is 12.7. The molecule has 0 bridgehead atoms. The molecule has 1 aromatic heterocycles. The van der Waals surface area contributed by atoms with Crippen LogP contribution in [-0.2, 0) is 11.8 Å². The maximum atomic E-state index is 12.7. The molecular weight excluding hydrogens is 292 g/mol. The molecule has 1 aliphatic rings. The number of carbonyl (C=O) groups excluding carboxylic acids is 1. The molecule has 6 nitrogen and oxygen atoms in total. The first-order chi connectivity index (χ1) is 11.1. The lowest BCUT2D eigenvalue weighted by atomic mass is 10.1. The Labute approximate surface area is 136 Å². The first-order valence-electron chi connectivity index (χ1n) is 7.84. The van der Waals surface area contributed by atoms with E-state index in [9.17, 15) is 4.79 Å². The zero-order valence-electron chi connectivity index (χ0n) is 13.5. The summed E-state index contributed by atoms with van der Waals surface area (Å²) in [5.74, 6) is 0.811. The molecule has 1 N–H and O–H groups in total. The number of hydrogen-bond acceptors (Lipinski definition) is 3. The highest BCUT2D eigenvalue weighted by Gasteiger charge is 2.26. The Morgan fingerprint density at radius 1 is 1.39 bits per heavy atom. The molecule has 0 radical (unpaired) electrons. The highest BCUT2D eigenvalue weighted by molar-refractivity contribution is 5.75. The number of ether oxygens (including phenoxy) is 1. The van der Waals surface area contributed by atoms with Gasteiger partial charge in [-0.15, -0.1) is 0 Å². The van der Waals surface area contributed by atoms with Crippen LogP contribution in [0.15, 0.2) is 42.7 Å². The lowest BCUT2D eigenvalue weighted by Gasteiger charge is -2.32. The molecule has 6 heteroatoms. The average molecular weight is 314 g/mol. The van der Waals surface area contributed by atoms with E-state index >= 15 is 0 Å². The van der Waals surface area contributed by atoms with Gasteiger partial charge < -0.3 is 19.5 Å². The van der Waals surface area contributed by atoms with Gasteiger partial charge in [0, 0.05) is 32.5 Å².